The van der Waals surface area contributed by atoms with E-state index < -0.39 is 61.5 Å². The zero-order valence-corrected chi connectivity index (χ0v) is 62.1. The third kappa shape index (κ3) is 15.5. The number of nitrogens with zero attached hydrogens (tertiary/aromatic N) is 3. The maximum absolute atomic E-state index is 13.5. The predicted molar refractivity (Wildman–Crippen MR) is 402 cm³/mol. The number of benzene rings is 9. The molecular weight excluding hydrogens is 1450 g/mol. The molecule has 14 rings (SSSR count). The summed E-state index contributed by atoms with van der Waals surface area (Å²) in [4.78, 5) is 80.5. The van der Waals surface area contributed by atoms with Crippen LogP contribution in [0, 0.1) is 0 Å². The van der Waals surface area contributed by atoms with Crippen LogP contribution in [-0.4, -0.2) is 198 Å². The predicted octanol–water partition coefficient (Wildman–Crippen LogP) is 9.81. The number of fused-ring (bicyclic) bond motifs is 3. The summed E-state index contributed by atoms with van der Waals surface area (Å²) in [5.74, 6) is -2.84. The van der Waals surface area contributed by atoms with Crippen molar-refractivity contribution in [1.29, 1.82) is 0 Å². The third-order valence-corrected chi connectivity index (χ3v) is 28.6. The van der Waals surface area contributed by atoms with Gasteiger partial charge in [0.15, 0.2) is 43.8 Å². The number of hydroxylamine groups is 3. The Labute approximate surface area is 625 Å². The van der Waals surface area contributed by atoms with Crippen LogP contribution in [-0.2, 0) is 62.8 Å². The summed E-state index contributed by atoms with van der Waals surface area (Å²) in [5, 5.41) is 33.3. The second-order valence-electron chi connectivity index (χ2n) is 27.5. The number of piperidine rings is 1. The highest BCUT2D eigenvalue weighted by Crippen LogP contribution is 2.41. The number of morpholine rings is 1. The van der Waals surface area contributed by atoms with Crippen molar-refractivity contribution in [3.05, 3.63) is 199 Å². The number of ether oxygens (including phenoxy) is 4. The molecule has 0 radical (unpaired) electrons. The maximum Gasteiger partial charge on any atom is 0.265 e. The minimum atomic E-state index is -4.09. The first-order valence-corrected chi connectivity index (χ1v) is 40.0. The van der Waals surface area contributed by atoms with Crippen molar-refractivity contribution in [1.82, 2.24) is 31.1 Å². The molecular formula is C80H84N6O19S3. The fraction of sp³-hybridized carbons (Fsp3) is 0.325. The van der Waals surface area contributed by atoms with E-state index in [0.717, 1.165) is 91.6 Å². The number of rotatable bonds is 15. The van der Waals surface area contributed by atoms with E-state index in [1.807, 2.05) is 108 Å². The number of likely N-dealkylation sites (tertiary alicyclic amines) is 1. The van der Waals surface area contributed by atoms with Crippen LogP contribution in [0.3, 0.4) is 0 Å². The Hall–Kier alpha value is -9.85. The molecule has 6 amide bonds. The molecule has 108 heavy (non-hydrogen) atoms. The van der Waals surface area contributed by atoms with E-state index in [9.17, 15) is 69.6 Å². The summed E-state index contributed by atoms with van der Waals surface area (Å²) in [6.07, 6.45) is 3.06. The van der Waals surface area contributed by atoms with Crippen LogP contribution in [0.4, 0.5) is 0 Å². The van der Waals surface area contributed by atoms with Gasteiger partial charge in [0, 0.05) is 96.6 Å². The van der Waals surface area contributed by atoms with Crippen LogP contribution < -0.4 is 16.4 Å². The van der Waals surface area contributed by atoms with Gasteiger partial charge in [-0.2, -0.15) is 0 Å². The Morgan fingerprint density at radius 1 is 0.333 bits per heavy atom. The van der Waals surface area contributed by atoms with Gasteiger partial charge in [0.2, 0.25) is 0 Å². The molecule has 0 bridgehead atoms. The highest BCUT2D eigenvalue weighted by atomic mass is 32.2. The lowest BCUT2D eigenvalue weighted by Crippen LogP contribution is -2.54. The molecule has 0 spiro atoms. The zero-order chi connectivity index (χ0) is 76.6. The summed E-state index contributed by atoms with van der Waals surface area (Å²) < 4.78 is 96.5. The lowest BCUT2D eigenvalue weighted by molar-refractivity contribution is -0.135. The van der Waals surface area contributed by atoms with E-state index in [2.05, 4.69) is 0 Å². The van der Waals surface area contributed by atoms with E-state index in [-0.39, 0.29) is 111 Å². The van der Waals surface area contributed by atoms with E-state index >= 15 is 0 Å². The number of nitrogens with one attached hydrogen (secondary N) is 3. The van der Waals surface area contributed by atoms with Crippen molar-refractivity contribution in [2.75, 3.05) is 93.1 Å². The van der Waals surface area contributed by atoms with Gasteiger partial charge in [-0.15, -0.1) is 0 Å². The lowest BCUT2D eigenvalue weighted by Gasteiger charge is -2.34. The fourth-order valence-corrected chi connectivity index (χ4v) is 20.4. The molecule has 0 atom stereocenters. The highest BCUT2D eigenvalue weighted by molar-refractivity contribution is 7.94. The quantitative estimate of drug-likeness (QED) is 0.0410. The van der Waals surface area contributed by atoms with Gasteiger partial charge in [0.1, 0.15) is 0 Å². The SMILES string of the molecule is CN(C)C(=O)c1ccc2cc(-c3ccc(S(=O)(=O)C4(C(=O)NO)CCOCC4)cc3)ccc2c1.O=C(c1ccc2cc(-c3ccc(S(=O)(=O)C4(C(=O)NO)CCOCC4)cc3)ccc2c1)N1CCCCC1.O=C(c1ccc2cc(-c3ccc(S(=O)(=O)C4(C(=O)NO)CCOCC4)cc3)ccc2c1)N1CCOCC1. The normalized spacial score (nSPS) is 17.2. The van der Waals surface area contributed by atoms with Crippen LogP contribution in [0.2, 0.25) is 0 Å². The maximum atomic E-state index is 13.5. The van der Waals surface area contributed by atoms with Gasteiger partial charge in [0.25, 0.3) is 35.4 Å². The molecule has 566 valence electrons. The van der Waals surface area contributed by atoms with Crippen LogP contribution in [0.5, 0.6) is 0 Å². The molecule has 0 unspecified atom stereocenters. The smallest absolute Gasteiger partial charge is 0.265 e. The molecule has 5 aliphatic rings. The summed E-state index contributed by atoms with van der Waals surface area (Å²) in [6, 6.07) is 53.6. The molecule has 5 fully saturated rings. The van der Waals surface area contributed by atoms with E-state index in [1.54, 1.807) is 61.5 Å². The number of carbonyl (C=O) groups is 6. The van der Waals surface area contributed by atoms with Crippen LogP contribution in [0.25, 0.3) is 65.7 Å². The summed E-state index contributed by atoms with van der Waals surface area (Å²) >= 11 is 0. The molecule has 9 aromatic carbocycles. The van der Waals surface area contributed by atoms with Crippen LogP contribution in [0.1, 0.15) is 88.9 Å². The van der Waals surface area contributed by atoms with E-state index in [1.165, 1.54) is 64.2 Å². The van der Waals surface area contributed by atoms with Gasteiger partial charge in [0.05, 0.1) is 27.9 Å². The van der Waals surface area contributed by atoms with E-state index in [4.69, 9.17) is 18.9 Å². The third-order valence-electron chi connectivity index (χ3n) is 21.1. The fourth-order valence-electron chi connectivity index (χ4n) is 14.6. The van der Waals surface area contributed by atoms with Gasteiger partial charge in [-0.05, 0) is 214 Å². The first kappa shape index (κ1) is 77.8. The summed E-state index contributed by atoms with van der Waals surface area (Å²) in [6.45, 7) is 4.57. The number of sulfone groups is 3. The Morgan fingerprint density at radius 3 is 0.898 bits per heavy atom. The van der Waals surface area contributed by atoms with Crippen LogP contribution >= 0.6 is 0 Å². The Balaban J connectivity index is 0.000000151. The molecule has 6 N–H and O–H groups in total. The number of hydrogen-bond acceptors (Lipinski definition) is 19. The molecule has 9 aromatic rings. The lowest BCUT2D eigenvalue weighted by atomic mass is 9.98. The highest BCUT2D eigenvalue weighted by Gasteiger charge is 2.55. The van der Waals surface area contributed by atoms with Gasteiger partial charge < -0.3 is 33.6 Å². The number of amides is 6. The first-order chi connectivity index (χ1) is 51.9. The molecule has 25 nitrogen and oxygen atoms in total. The summed E-state index contributed by atoms with van der Waals surface area (Å²) in [5.41, 5.74) is 11.6. The minimum absolute atomic E-state index is 0.00815. The second-order valence-corrected chi connectivity index (χ2v) is 34.3. The molecule has 28 heteroatoms. The number of hydrogen-bond donors (Lipinski definition) is 6. The average Bonchev–Trinajstić information content (AvgIpc) is 0.754. The van der Waals surface area contributed by atoms with Gasteiger partial charge in [-0.1, -0.05) is 91.0 Å². The molecule has 0 saturated carbocycles. The van der Waals surface area contributed by atoms with Gasteiger partial charge in [-0.25, -0.2) is 41.7 Å². The Bertz CT molecular complexity index is 5000. The standard InChI is InChI=1S/C28H30N2O6S.C27H28N2O7S.C25H26N2O6S/c31-26(30-14-2-1-3-15-30)24-7-6-22-18-21(4-5-23(22)19-24)20-8-10-25(11-9-20)37(34,35)28(27(32)29-33)12-16-36-17-13-28;30-25(29-11-15-36-16-12-29)23-4-3-21-17-20(1-2-22(21)18-23)19-5-7-24(8-6-19)37(33,34)27(26(31)28-32)9-13-35-14-10-27;1-27(2)23(28)21-6-5-19-15-18(3-4-20(19)16-21)17-7-9-22(10-8-17)34(31,32)25(24(29)26-30)11-13-33-14-12-25/h4-11,18-19,33H,1-3,12-17H2,(H,29,32);1-8,17-18,32H,9-16H2,(H,28,31);3-10,15-16,30H,11-14H2,1-2H3,(H,26,29). The van der Waals surface area contributed by atoms with Gasteiger partial charge >= 0.3 is 0 Å². The van der Waals surface area contributed by atoms with Crippen molar-refractivity contribution in [3.63, 3.8) is 0 Å². The average molecular weight is 1530 g/mol. The minimum Gasteiger partial charge on any atom is -0.381 e. The van der Waals surface area contributed by atoms with E-state index in [0.29, 0.717) is 43.0 Å². The van der Waals surface area contributed by atoms with Crippen molar-refractivity contribution in [2.24, 2.45) is 0 Å². The Kier molecular flexibility index (Phi) is 23.7. The number of carbonyl (C=O) groups excluding carboxylic acids is 6. The van der Waals surface area contributed by atoms with Gasteiger partial charge in [-0.3, -0.25) is 44.4 Å². The van der Waals surface area contributed by atoms with Crippen molar-refractivity contribution in [2.45, 2.75) is 86.7 Å². The largest absolute Gasteiger partial charge is 0.381 e. The van der Waals surface area contributed by atoms with Crippen LogP contribution in [0.15, 0.2) is 197 Å². The molecule has 5 saturated heterocycles. The Morgan fingerprint density at radius 2 is 0.593 bits per heavy atom. The van der Waals surface area contributed by atoms with Crippen molar-refractivity contribution >= 4 is 97.3 Å². The first-order valence-electron chi connectivity index (χ1n) is 35.5. The molecule has 0 aliphatic carbocycles. The molecule has 5 aliphatic heterocycles. The zero-order valence-electron chi connectivity index (χ0n) is 59.6. The topological polar surface area (TPSA) is 348 Å². The second kappa shape index (κ2) is 32.9. The monoisotopic (exact) mass is 1530 g/mol. The van der Waals surface area contributed by atoms with Crippen molar-refractivity contribution in [3.8, 4) is 33.4 Å². The summed E-state index contributed by atoms with van der Waals surface area (Å²) in [7, 11) is -8.83. The molecule has 5 heterocycles. The molecule has 0 aromatic heterocycles. The van der Waals surface area contributed by atoms with Crippen molar-refractivity contribution < 1.29 is 88.6 Å².